The van der Waals surface area contributed by atoms with Gasteiger partial charge in [0.1, 0.15) is 5.75 Å². The van der Waals surface area contributed by atoms with Crippen molar-refractivity contribution < 1.29 is 19.1 Å². The van der Waals surface area contributed by atoms with Crippen molar-refractivity contribution in [3.63, 3.8) is 0 Å². The minimum Gasteiger partial charge on any atom is -0.463 e. The minimum atomic E-state index is -0.563. The molecule has 0 radical (unpaired) electrons. The van der Waals surface area contributed by atoms with Gasteiger partial charge in [-0.15, -0.1) is 0 Å². The topological polar surface area (TPSA) is 52.6 Å². The third kappa shape index (κ3) is 5.43. The molecular formula is C16H22O4. The fourth-order valence-corrected chi connectivity index (χ4v) is 1.45. The average molecular weight is 278 g/mol. The number of esters is 2. The van der Waals surface area contributed by atoms with Gasteiger partial charge in [-0.3, -0.25) is 9.59 Å². The van der Waals surface area contributed by atoms with Crippen molar-refractivity contribution in [3.8, 4) is 5.75 Å². The second-order valence-electron chi connectivity index (χ2n) is 6.00. The van der Waals surface area contributed by atoms with Gasteiger partial charge in [-0.25, -0.2) is 0 Å². The Labute approximate surface area is 120 Å². The first-order valence-corrected chi connectivity index (χ1v) is 6.69. The molecule has 1 aromatic rings. The Morgan fingerprint density at radius 2 is 1.85 bits per heavy atom. The van der Waals surface area contributed by atoms with E-state index >= 15 is 0 Å². The van der Waals surface area contributed by atoms with Crippen molar-refractivity contribution in [3.05, 3.63) is 29.8 Å². The van der Waals surface area contributed by atoms with E-state index in [-0.39, 0.29) is 24.5 Å². The van der Waals surface area contributed by atoms with E-state index < -0.39 is 5.41 Å². The molecule has 0 heterocycles. The van der Waals surface area contributed by atoms with Gasteiger partial charge in [0.2, 0.25) is 0 Å². The molecule has 0 amide bonds. The fraction of sp³-hybridized carbons (Fsp3) is 0.500. The first-order chi connectivity index (χ1) is 9.18. The Morgan fingerprint density at radius 3 is 2.40 bits per heavy atom. The molecular weight excluding hydrogens is 256 g/mol. The van der Waals surface area contributed by atoms with Gasteiger partial charge in [0.15, 0.2) is 0 Å². The van der Waals surface area contributed by atoms with E-state index in [4.69, 9.17) is 9.47 Å². The molecule has 0 saturated carbocycles. The van der Waals surface area contributed by atoms with Crippen LogP contribution in [0.25, 0.3) is 0 Å². The lowest BCUT2D eigenvalue weighted by molar-refractivity contribution is -0.146. The van der Waals surface area contributed by atoms with Crippen molar-refractivity contribution in [1.29, 1.82) is 0 Å². The van der Waals surface area contributed by atoms with Crippen LogP contribution >= 0.6 is 0 Å². The van der Waals surface area contributed by atoms with E-state index in [1.165, 1.54) is 0 Å². The zero-order valence-electron chi connectivity index (χ0n) is 12.7. The quantitative estimate of drug-likeness (QED) is 0.627. The monoisotopic (exact) mass is 278 g/mol. The molecule has 0 aliphatic heterocycles. The standard InChI is InChI=1S/C16H22O4/c1-11(2)19-14(17)10-12-7-6-8-13(9-12)20-15(18)16(3,4)5/h6-9,11H,10H2,1-5H3. The minimum absolute atomic E-state index is 0.135. The van der Waals surface area contributed by atoms with E-state index in [0.29, 0.717) is 5.75 Å². The molecule has 0 saturated heterocycles. The summed E-state index contributed by atoms with van der Waals surface area (Å²) in [5, 5.41) is 0. The number of carbonyl (C=O) groups is 2. The Hall–Kier alpha value is -1.84. The van der Waals surface area contributed by atoms with Gasteiger partial charge in [0.05, 0.1) is 17.9 Å². The SMILES string of the molecule is CC(C)OC(=O)Cc1cccc(OC(=O)C(C)(C)C)c1. The molecule has 1 rings (SSSR count). The predicted octanol–water partition coefficient (Wildman–Crippen LogP) is 3.13. The molecule has 0 bridgehead atoms. The highest BCUT2D eigenvalue weighted by molar-refractivity contribution is 5.78. The number of rotatable bonds is 4. The number of ether oxygens (including phenoxy) is 2. The van der Waals surface area contributed by atoms with Gasteiger partial charge in [-0.05, 0) is 52.3 Å². The maximum Gasteiger partial charge on any atom is 0.316 e. The number of hydrogen-bond acceptors (Lipinski definition) is 4. The second-order valence-corrected chi connectivity index (χ2v) is 6.00. The van der Waals surface area contributed by atoms with Crippen LogP contribution in [0, 0.1) is 5.41 Å². The molecule has 0 fully saturated rings. The molecule has 0 unspecified atom stereocenters. The van der Waals surface area contributed by atoms with Gasteiger partial charge in [0, 0.05) is 0 Å². The lowest BCUT2D eigenvalue weighted by atomic mass is 9.97. The van der Waals surface area contributed by atoms with E-state index in [1.54, 1.807) is 58.9 Å². The highest BCUT2D eigenvalue weighted by atomic mass is 16.5. The van der Waals surface area contributed by atoms with Gasteiger partial charge in [-0.2, -0.15) is 0 Å². The zero-order valence-corrected chi connectivity index (χ0v) is 12.7. The summed E-state index contributed by atoms with van der Waals surface area (Å²) >= 11 is 0. The van der Waals surface area contributed by atoms with Crippen LogP contribution in [-0.4, -0.2) is 18.0 Å². The van der Waals surface area contributed by atoms with Crippen LogP contribution in [0.5, 0.6) is 5.75 Å². The average Bonchev–Trinajstić information content (AvgIpc) is 2.26. The highest BCUT2D eigenvalue weighted by Crippen LogP contribution is 2.20. The molecule has 4 heteroatoms. The van der Waals surface area contributed by atoms with Crippen LogP contribution in [0.15, 0.2) is 24.3 Å². The van der Waals surface area contributed by atoms with Crippen LogP contribution in [0.1, 0.15) is 40.2 Å². The van der Waals surface area contributed by atoms with Crippen molar-refractivity contribution in [2.24, 2.45) is 5.41 Å². The van der Waals surface area contributed by atoms with Crippen molar-refractivity contribution in [1.82, 2.24) is 0 Å². The number of carbonyl (C=O) groups excluding carboxylic acids is 2. The molecule has 0 aliphatic carbocycles. The number of benzene rings is 1. The maximum atomic E-state index is 11.8. The summed E-state index contributed by atoms with van der Waals surface area (Å²) in [4.78, 5) is 23.4. The Kier molecular flexibility index (Phi) is 5.31. The zero-order chi connectivity index (χ0) is 15.3. The van der Waals surface area contributed by atoms with Gasteiger partial charge >= 0.3 is 11.9 Å². The maximum absolute atomic E-state index is 11.8. The third-order valence-electron chi connectivity index (χ3n) is 2.44. The molecule has 0 spiro atoms. The summed E-state index contributed by atoms with van der Waals surface area (Å²) in [7, 11) is 0. The molecule has 0 aliphatic rings. The molecule has 1 aromatic carbocycles. The molecule has 20 heavy (non-hydrogen) atoms. The van der Waals surface area contributed by atoms with Crippen LogP contribution in [-0.2, 0) is 20.7 Å². The summed E-state index contributed by atoms with van der Waals surface area (Å²) < 4.78 is 10.4. The number of hydrogen-bond donors (Lipinski definition) is 0. The lowest BCUT2D eigenvalue weighted by Crippen LogP contribution is -2.25. The van der Waals surface area contributed by atoms with Crippen LogP contribution in [0.2, 0.25) is 0 Å². The van der Waals surface area contributed by atoms with E-state index in [1.807, 2.05) is 0 Å². The normalized spacial score (nSPS) is 11.3. The third-order valence-corrected chi connectivity index (χ3v) is 2.44. The summed E-state index contributed by atoms with van der Waals surface area (Å²) in [6, 6.07) is 6.94. The first kappa shape index (κ1) is 16.2. The summed E-state index contributed by atoms with van der Waals surface area (Å²) in [5.41, 5.74) is 0.196. The molecule has 0 aromatic heterocycles. The van der Waals surface area contributed by atoms with Gasteiger partial charge in [0.25, 0.3) is 0 Å². The largest absolute Gasteiger partial charge is 0.463 e. The van der Waals surface area contributed by atoms with Gasteiger partial charge < -0.3 is 9.47 Å². The summed E-state index contributed by atoms with van der Waals surface area (Å²) in [6.45, 7) is 8.98. The van der Waals surface area contributed by atoms with Gasteiger partial charge in [-0.1, -0.05) is 12.1 Å². The molecule has 0 N–H and O–H groups in total. The second kappa shape index (κ2) is 6.55. The fourth-order valence-electron chi connectivity index (χ4n) is 1.45. The Bertz CT molecular complexity index is 483. The van der Waals surface area contributed by atoms with E-state index in [9.17, 15) is 9.59 Å². The summed E-state index contributed by atoms with van der Waals surface area (Å²) in [5.74, 6) is -0.154. The van der Waals surface area contributed by atoms with E-state index in [0.717, 1.165) is 5.56 Å². The smallest absolute Gasteiger partial charge is 0.316 e. The molecule has 4 nitrogen and oxygen atoms in total. The van der Waals surface area contributed by atoms with Crippen LogP contribution in [0.4, 0.5) is 0 Å². The van der Waals surface area contributed by atoms with Crippen molar-refractivity contribution in [2.45, 2.75) is 47.1 Å². The molecule has 110 valence electrons. The van der Waals surface area contributed by atoms with Crippen molar-refractivity contribution >= 4 is 11.9 Å². The first-order valence-electron chi connectivity index (χ1n) is 6.69. The Balaban J connectivity index is 2.71. The van der Waals surface area contributed by atoms with Crippen LogP contribution < -0.4 is 4.74 Å². The Morgan fingerprint density at radius 1 is 1.20 bits per heavy atom. The van der Waals surface area contributed by atoms with Crippen molar-refractivity contribution in [2.75, 3.05) is 0 Å². The molecule has 0 atom stereocenters. The predicted molar refractivity (Wildman–Crippen MR) is 76.5 cm³/mol. The van der Waals surface area contributed by atoms with E-state index in [2.05, 4.69) is 0 Å². The highest BCUT2D eigenvalue weighted by Gasteiger charge is 2.23. The van der Waals surface area contributed by atoms with Crippen LogP contribution in [0.3, 0.4) is 0 Å². The lowest BCUT2D eigenvalue weighted by Gasteiger charge is -2.16. The summed E-state index contributed by atoms with van der Waals surface area (Å²) in [6.07, 6.45) is 0.0309.